The second-order valence-corrected chi connectivity index (χ2v) is 6.89. The minimum Gasteiger partial charge on any atom is -0.490 e. The molecule has 0 radical (unpaired) electrons. The van der Waals surface area contributed by atoms with Crippen LogP contribution in [0.3, 0.4) is 0 Å². The van der Waals surface area contributed by atoms with Crippen molar-refractivity contribution in [1.29, 1.82) is 0 Å². The fourth-order valence-corrected chi connectivity index (χ4v) is 3.08. The first-order valence-electron chi connectivity index (χ1n) is 8.52. The predicted molar refractivity (Wildman–Crippen MR) is 104 cm³/mol. The molecule has 0 aromatic heterocycles. The molecule has 0 spiro atoms. The minimum atomic E-state index is -0.369. The Balaban J connectivity index is 2.14. The molecule has 0 unspecified atom stereocenters. The highest BCUT2D eigenvalue weighted by atomic mass is 79.9. The number of nitrogens with one attached hydrogen (secondary N) is 1. The lowest BCUT2D eigenvalue weighted by Gasteiger charge is -2.16. The van der Waals surface area contributed by atoms with Gasteiger partial charge in [0.15, 0.2) is 11.5 Å². The van der Waals surface area contributed by atoms with Crippen LogP contribution in [0.2, 0.25) is 0 Å². The third-order valence-corrected chi connectivity index (χ3v) is 4.36. The van der Waals surface area contributed by atoms with Gasteiger partial charge in [-0.3, -0.25) is 0 Å². The molecule has 4 nitrogen and oxygen atoms in total. The van der Waals surface area contributed by atoms with E-state index >= 15 is 0 Å². The third-order valence-electron chi connectivity index (χ3n) is 3.77. The summed E-state index contributed by atoms with van der Waals surface area (Å²) in [7, 11) is 0. The van der Waals surface area contributed by atoms with Gasteiger partial charge in [-0.2, -0.15) is 0 Å². The maximum atomic E-state index is 9.35. The first kappa shape index (κ1) is 19.8. The van der Waals surface area contributed by atoms with Crippen LogP contribution in [0.4, 0.5) is 0 Å². The molecule has 2 N–H and O–H groups in total. The Morgan fingerprint density at radius 1 is 1.20 bits per heavy atom. The smallest absolute Gasteiger partial charge is 0.175 e. The van der Waals surface area contributed by atoms with Gasteiger partial charge in [0.2, 0.25) is 0 Å². The van der Waals surface area contributed by atoms with E-state index in [0.29, 0.717) is 32.1 Å². The molecule has 5 heteroatoms. The highest BCUT2D eigenvalue weighted by Crippen LogP contribution is 2.37. The number of halogens is 1. The lowest BCUT2D eigenvalue weighted by molar-refractivity contribution is 0.191. The summed E-state index contributed by atoms with van der Waals surface area (Å²) in [6.07, 6.45) is -0.369. The summed E-state index contributed by atoms with van der Waals surface area (Å²) in [6.45, 7) is 8.06. The summed E-state index contributed by atoms with van der Waals surface area (Å²) < 4.78 is 12.7. The lowest BCUT2D eigenvalue weighted by atomic mass is 10.1. The summed E-state index contributed by atoms with van der Waals surface area (Å²) >= 11 is 3.60. The number of hydrogen-bond acceptors (Lipinski definition) is 4. The van der Waals surface area contributed by atoms with Gasteiger partial charge < -0.3 is 19.9 Å². The van der Waals surface area contributed by atoms with Gasteiger partial charge in [0.1, 0.15) is 6.61 Å². The van der Waals surface area contributed by atoms with E-state index in [1.807, 2.05) is 31.2 Å². The Labute approximate surface area is 158 Å². The van der Waals surface area contributed by atoms with Crippen molar-refractivity contribution in [2.45, 2.75) is 40.0 Å². The number of ether oxygens (including phenoxy) is 2. The van der Waals surface area contributed by atoms with E-state index in [-0.39, 0.29) is 6.10 Å². The van der Waals surface area contributed by atoms with Gasteiger partial charge in [-0.25, -0.2) is 0 Å². The summed E-state index contributed by atoms with van der Waals surface area (Å²) in [5, 5.41) is 12.6. The minimum absolute atomic E-state index is 0.369. The number of aryl methyl sites for hydroxylation is 1. The number of rotatable bonds is 9. The summed E-state index contributed by atoms with van der Waals surface area (Å²) in [5.41, 5.74) is 3.43. The Morgan fingerprint density at radius 3 is 2.64 bits per heavy atom. The van der Waals surface area contributed by atoms with Crippen LogP contribution in [0.5, 0.6) is 11.5 Å². The van der Waals surface area contributed by atoms with E-state index in [9.17, 15) is 5.11 Å². The van der Waals surface area contributed by atoms with E-state index in [0.717, 1.165) is 21.3 Å². The molecule has 2 aromatic carbocycles. The van der Waals surface area contributed by atoms with Crippen molar-refractivity contribution in [1.82, 2.24) is 5.32 Å². The number of hydrogen-bond donors (Lipinski definition) is 2. The first-order valence-corrected chi connectivity index (χ1v) is 9.31. The van der Waals surface area contributed by atoms with Crippen molar-refractivity contribution in [2.24, 2.45) is 0 Å². The van der Waals surface area contributed by atoms with Crippen LogP contribution < -0.4 is 14.8 Å². The van der Waals surface area contributed by atoms with Gasteiger partial charge in [-0.05, 0) is 65.5 Å². The fourth-order valence-electron chi connectivity index (χ4n) is 2.47. The maximum Gasteiger partial charge on any atom is 0.175 e. The molecule has 0 amide bonds. The summed E-state index contributed by atoms with van der Waals surface area (Å²) in [5.74, 6) is 1.43. The van der Waals surface area contributed by atoms with Crippen molar-refractivity contribution in [3.63, 3.8) is 0 Å². The molecule has 0 aliphatic heterocycles. The number of aliphatic hydroxyl groups is 1. The van der Waals surface area contributed by atoms with Crippen LogP contribution >= 0.6 is 15.9 Å². The van der Waals surface area contributed by atoms with E-state index < -0.39 is 0 Å². The molecular formula is C20H26BrNO3. The zero-order valence-corrected chi connectivity index (χ0v) is 16.6. The lowest BCUT2D eigenvalue weighted by Crippen LogP contribution is -2.23. The third kappa shape index (κ3) is 6.03. The molecular weight excluding hydrogens is 382 g/mol. The monoisotopic (exact) mass is 407 g/mol. The predicted octanol–water partition coefficient (Wildman–Crippen LogP) is 4.21. The molecule has 0 fully saturated rings. The average Bonchev–Trinajstić information content (AvgIpc) is 2.55. The zero-order chi connectivity index (χ0) is 18.2. The zero-order valence-electron chi connectivity index (χ0n) is 15.0. The summed E-state index contributed by atoms with van der Waals surface area (Å²) in [6, 6.07) is 12.2. The maximum absolute atomic E-state index is 9.35. The Morgan fingerprint density at radius 2 is 1.96 bits per heavy atom. The topological polar surface area (TPSA) is 50.7 Å². The van der Waals surface area contributed by atoms with Crippen LogP contribution in [0.1, 0.15) is 30.5 Å². The van der Waals surface area contributed by atoms with Gasteiger partial charge in [-0.1, -0.05) is 24.3 Å². The number of aliphatic hydroxyl groups excluding tert-OH is 1. The highest BCUT2D eigenvalue weighted by molar-refractivity contribution is 9.10. The van der Waals surface area contributed by atoms with Crippen LogP contribution in [0.15, 0.2) is 40.9 Å². The molecule has 2 rings (SSSR count). The van der Waals surface area contributed by atoms with Crippen molar-refractivity contribution in [3.05, 3.63) is 57.6 Å². The first-order chi connectivity index (χ1) is 12.0. The Kier molecular flexibility index (Phi) is 7.75. The van der Waals surface area contributed by atoms with Crippen molar-refractivity contribution >= 4 is 15.9 Å². The molecule has 136 valence electrons. The van der Waals surface area contributed by atoms with Crippen LogP contribution in [-0.2, 0) is 13.2 Å². The van der Waals surface area contributed by atoms with Gasteiger partial charge in [0.05, 0.1) is 17.2 Å². The van der Waals surface area contributed by atoms with E-state index in [2.05, 4.69) is 40.3 Å². The molecule has 25 heavy (non-hydrogen) atoms. The van der Waals surface area contributed by atoms with Crippen molar-refractivity contribution in [3.8, 4) is 11.5 Å². The molecule has 0 aliphatic carbocycles. The van der Waals surface area contributed by atoms with Gasteiger partial charge in [0, 0.05) is 13.1 Å². The molecule has 1 atom stereocenters. The highest BCUT2D eigenvalue weighted by Gasteiger charge is 2.13. The molecule has 0 bridgehead atoms. The quantitative estimate of drug-likeness (QED) is 0.653. The Hall–Kier alpha value is -1.56. The van der Waals surface area contributed by atoms with Crippen molar-refractivity contribution in [2.75, 3.05) is 13.2 Å². The number of benzene rings is 2. The molecule has 0 heterocycles. The van der Waals surface area contributed by atoms with E-state index in [1.54, 1.807) is 6.92 Å². The van der Waals surface area contributed by atoms with E-state index in [4.69, 9.17) is 9.47 Å². The van der Waals surface area contributed by atoms with Gasteiger partial charge in [0.25, 0.3) is 0 Å². The van der Waals surface area contributed by atoms with Crippen LogP contribution in [-0.4, -0.2) is 24.4 Å². The molecule has 2 aromatic rings. The van der Waals surface area contributed by atoms with E-state index in [1.165, 1.54) is 5.56 Å². The van der Waals surface area contributed by atoms with Crippen LogP contribution in [0, 0.1) is 6.92 Å². The van der Waals surface area contributed by atoms with Crippen LogP contribution in [0.25, 0.3) is 0 Å². The average molecular weight is 408 g/mol. The largest absolute Gasteiger partial charge is 0.490 e. The molecule has 0 saturated carbocycles. The normalized spacial score (nSPS) is 12.0. The molecule has 0 aliphatic rings. The fraction of sp³-hybridized carbons (Fsp3) is 0.400. The van der Waals surface area contributed by atoms with Gasteiger partial charge in [-0.15, -0.1) is 0 Å². The second-order valence-electron chi connectivity index (χ2n) is 6.03. The van der Waals surface area contributed by atoms with Gasteiger partial charge >= 0.3 is 0 Å². The second kappa shape index (κ2) is 9.80. The SMILES string of the molecule is CCOc1cc(CNC[C@@H](C)O)cc(Br)c1OCc1ccccc1C. The van der Waals surface area contributed by atoms with Crippen molar-refractivity contribution < 1.29 is 14.6 Å². The molecule has 0 saturated heterocycles. The Bertz CT molecular complexity index is 689. The standard InChI is InChI=1S/C20H26BrNO3/c1-4-24-19-10-16(12-22-11-15(3)23)9-18(21)20(19)25-13-17-8-6-5-7-14(17)2/h5-10,15,22-23H,4,11-13H2,1-3H3/t15-/m1/s1. The summed E-state index contributed by atoms with van der Waals surface area (Å²) in [4.78, 5) is 0.